The van der Waals surface area contributed by atoms with Crippen molar-refractivity contribution >= 4 is 34.9 Å². The van der Waals surface area contributed by atoms with E-state index in [0.29, 0.717) is 30.3 Å². The second kappa shape index (κ2) is 8.62. The highest BCUT2D eigenvalue weighted by atomic mass is 35.5. The number of amides is 2. The topological polar surface area (TPSA) is 85.0 Å². The Labute approximate surface area is 219 Å². The first-order valence-corrected chi connectivity index (χ1v) is 12.7. The number of anilines is 1. The van der Waals surface area contributed by atoms with E-state index in [4.69, 9.17) is 16.3 Å². The van der Waals surface area contributed by atoms with Crippen LogP contribution in [0.4, 0.5) is 10.5 Å². The standard InChI is InChI=1S/C27H27ClN6O3/c1-5-37-27(36)31-12-21(13-31)33-11-16(3)22-24(33)23(18-6-8-19(28)9-7-18)34(26(22)35)20-10-15(2)25-30-29-17(4)32(25)14-20/h6-11,14,21,23H,5,12-13H2,1-4H3. The zero-order chi connectivity index (χ0) is 26.0. The molecular weight excluding hydrogens is 492 g/mol. The number of aryl methyl sites for hydroxylation is 3. The van der Waals surface area contributed by atoms with E-state index >= 15 is 0 Å². The summed E-state index contributed by atoms with van der Waals surface area (Å²) in [6, 6.07) is 9.31. The number of aromatic nitrogens is 4. The Bertz CT molecular complexity index is 1550. The lowest BCUT2D eigenvalue weighted by atomic mass is 10.0. The molecule has 0 N–H and O–H groups in total. The lowest BCUT2D eigenvalue weighted by molar-refractivity contribution is 0.0595. The van der Waals surface area contributed by atoms with Gasteiger partial charge in [-0.05, 0) is 62.6 Å². The van der Waals surface area contributed by atoms with E-state index in [9.17, 15) is 9.59 Å². The van der Waals surface area contributed by atoms with Gasteiger partial charge in [-0.1, -0.05) is 23.7 Å². The summed E-state index contributed by atoms with van der Waals surface area (Å²) in [4.78, 5) is 29.8. The first kappa shape index (κ1) is 23.5. The molecule has 2 aliphatic rings. The molecule has 3 aromatic heterocycles. The third-order valence-corrected chi connectivity index (χ3v) is 7.55. The monoisotopic (exact) mass is 518 g/mol. The third kappa shape index (κ3) is 3.60. The molecule has 1 saturated heterocycles. The molecule has 4 aromatic rings. The Balaban J connectivity index is 1.48. The van der Waals surface area contributed by atoms with Crippen molar-refractivity contribution in [3.8, 4) is 0 Å². The van der Waals surface area contributed by atoms with Crippen molar-refractivity contribution < 1.29 is 14.3 Å². The normalized spacial score (nSPS) is 17.4. The number of ether oxygens (including phenoxy) is 1. The molecule has 0 saturated carbocycles. The molecule has 0 spiro atoms. The van der Waals surface area contributed by atoms with Gasteiger partial charge in [0.1, 0.15) is 11.9 Å². The molecule has 190 valence electrons. The van der Waals surface area contributed by atoms with Gasteiger partial charge in [-0.15, -0.1) is 10.2 Å². The number of pyridine rings is 1. The van der Waals surface area contributed by atoms with Crippen molar-refractivity contribution in [3.63, 3.8) is 0 Å². The van der Waals surface area contributed by atoms with Crippen LogP contribution in [0.1, 0.15) is 57.6 Å². The number of likely N-dealkylation sites (tertiary alicyclic amines) is 1. The number of rotatable bonds is 4. The maximum absolute atomic E-state index is 14.1. The summed E-state index contributed by atoms with van der Waals surface area (Å²) in [6.45, 7) is 9.05. The zero-order valence-electron chi connectivity index (χ0n) is 21.1. The predicted octanol–water partition coefficient (Wildman–Crippen LogP) is 4.87. The van der Waals surface area contributed by atoms with Crippen molar-refractivity contribution in [2.24, 2.45) is 0 Å². The van der Waals surface area contributed by atoms with Gasteiger partial charge >= 0.3 is 6.09 Å². The van der Waals surface area contributed by atoms with Gasteiger partial charge in [0.15, 0.2) is 5.65 Å². The summed E-state index contributed by atoms with van der Waals surface area (Å²) >= 11 is 6.23. The molecule has 0 bridgehead atoms. The van der Waals surface area contributed by atoms with E-state index in [1.807, 2.05) is 72.8 Å². The van der Waals surface area contributed by atoms with Gasteiger partial charge in [0.25, 0.3) is 5.91 Å². The van der Waals surface area contributed by atoms with Crippen LogP contribution in [0, 0.1) is 20.8 Å². The Kier molecular flexibility index (Phi) is 5.49. The van der Waals surface area contributed by atoms with E-state index < -0.39 is 0 Å². The van der Waals surface area contributed by atoms with E-state index in [-0.39, 0.29) is 24.1 Å². The van der Waals surface area contributed by atoms with Gasteiger partial charge in [-0.2, -0.15) is 0 Å². The molecular formula is C27H27ClN6O3. The average molecular weight is 519 g/mol. The Hall–Kier alpha value is -3.85. The molecule has 2 aliphatic heterocycles. The largest absolute Gasteiger partial charge is 0.450 e. The smallest absolute Gasteiger partial charge is 0.409 e. The number of halogens is 1. The third-order valence-electron chi connectivity index (χ3n) is 7.30. The molecule has 0 radical (unpaired) electrons. The van der Waals surface area contributed by atoms with Gasteiger partial charge in [0, 0.05) is 30.5 Å². The van der Waals surface area contributed by atoms with Crippen molar-refractivity contribution in [3.05, 3.63) is 81.5 Å². The Morgan fingerprint density at radius 2 is 1.81 bits per heavy atom. The number of carbonyl (C=O) groups excluding carboxylic acids is 2. The molecule has 5 heterocycles. The molecule has 6 rings (SSSR count). The molecule has 9 nitrogen and oxygen atoms in total. The van der Waals surface area contributed by atoms with Gasteiger partial charge in [-0.25, -0.2) is 4.79 Å². The molecule has 1 aromatic carbocycles. The number of nitrogens with zero attached hydrogens (tertiary/aromatic N) is 6. The highest BCUT2D eigenvalue weighted by molar-refractivity contribution is 6.30. The zero-order valence-corrected chi connectivity index (χ0v) is 21.9. The van der Waals surface area contributed by atoms with Gasteiger partial charge in [0.05, 0.1) is 29.6 Å². The van der Waals surface area contributed by atoms with E-state index in [0.717, 1.165) is 39.5 Å². The molecule has 2 amide bonds. The average Bonchev–Trinajstić information content (AvgIpc) is 3.46. The maximum atomic E-state index is 14.1. The second-order valence-electron chi connectivity index (χ2n) is 9.69. The van der Waals surface area contributed by atoms with Crippen LogP contribution in [0.2, 0.25) is 5.02 Å². The van der Waals surface area contributed by atoms with Crippen LogP contribution < -0.4 is 4.90 Å². The lowest BCUT2D eigenvalue weighted by Crippen LogP contribution is -2.51. The van der Waals surface area contributed by atoms with E-state index in [2.05, 4.69) is 14.8 Å². The summed E-state index contributed by atoms with van der Waals surface area (Å²) in [5.74, 6) is 0.693. The first-order chi connectivity index (χ1) is 17.8. The van der Waals surface area contributed by atoms with E-state index in [1.165, 1.54) is 0 Å². The minimum atomic E-state index is -0.362. The summed E-state index contributed by atoms with van der Waals surface area (Å²) in [7, 11) is 0. The first-order valence-electron chi connectivity index (χ1n) is 12.3. The van der Waals surface area contributed by atoms with Gasteiger partial charge < -0.3 is 14.2 Å². The van der Waals surface area contributed by atoms with Crippen molar-refractivity contribution in [2.75, 3.05) is 24.6 Å². The summed E-state index contributed by atoms with van der Waals surface area (Å²) in [5.41, 5.74) is 5.96. The highest BCUT2D eigenvalue weighted by Crippen LogP contribution is 2.46. The summed E-state index contributed by atoms with van der Waals surface area (Å²) in [6.07, 6.45) is 3.66. The van der Waals surface area contributed by atoms with Crippen molar-refractivity contribution in [1.29, 1.82) is 0 Å². The fraction of sp³-hybridized carbons (Fsp3) is 0.333. The fourth-order valence-electron chi connectivity index (χ4n) is 5.49. The van der Waals surface area contributed by atoms with E-state index in [1.54, 1.807) is 11.8 Å². The van der Waals surface area contributed by atoms with Gasteiger partial charge in [0.2, 0.25) is 0 Å². The SMILES string of the molecule is CCOC(=O)N1CC(n2cc(C)c3c2C(c2ccc(Cl)cc2)N(c2cc(C)c4nnc(C)n4c2)C3=O)C1. The van der Waals surface area contributed by atoms with Crippen LogP contribution in [-0.2, 0) is 4.74 Å². The lowest BCUT2D eigenvalue weighted by Gasteiger charge is -2.40. The molecule has 1 fully saturated rings. The summed E-state index contributed by atoms with van der Waals surface area (Å²) < 4.78 is 9.26. The maximum Gasteiger partial charge on any atom is 0.409 e. The molecule has 1 atom stereocenters. The minimum absolute atomic E-state index is 0.0544. The van der Waals surface area contributed by atoms with Crippen LogP contribution in [0.5, 0.6) is 0 Å². The number of hydrogen-bond donors (Lipinski definition) is 0. The molecule has 10 heteroatoms. The van der Waals surface area contributed by atoms with Crippen molar-refractivity contribution in [1.82, 2.24) is 24.1 Å². The fourth-order valence-corrected chi connectivity index (χ4v) is 5.61. The molecule has 0 aliphatic carbocycles. The summed E-state index contributed by atoms with van der Waals surface area (Å²) in [5, 5.41) is 9.12. The van der Waals surface area contributed by atoms with Crippen molar-refractivity contribution in [2.45, 2.75) is 39.8 Å². The van der Waals surface area contributed by atoms with Gasteiger partial charge in [-0.3, -0.25) is 14.1 Å². The number of fused-ring (bicyclic) bond motifs is 2. The number of benzene rings is 1. The van der Waals surface area contributed by atoms with Crippen LogP contribution in [0.3, 0.4) is 0 Å². The van der Waals surface area contributed by atoms with Crippen LogP contribution in [0.25, 0.3) is 5.65 Å². The number of carbonyl (C=O) groups is 2. The van der Waals surface area contributed by atoms with Crippen LogP contribution >= 0.6 is 11.6 Å². The van der Waals surface area contributed by atoms with Crippen LogP contribution in [0.15, 0.2) is 42.7 Å². The molecule has 1 unspecified atom stereocenters. The quantitative estimate of drug-likeness (QED) is 0.384. The predicted molar refractivity (Wildman–Crippen MR) is 139 cm³/mol. The molecule has 37 heavy (non-hydrogen) atoms. The Morgan fingerprint density at radius 1 is 1.08 bits per heavy atom. The Morgan fingerprint density at radius 3 is 2.51 bits per heavy atom. The highest BCUT2D eigenvalue weighted by Gasteiger charge is 2.45. The minimum Gasteiger partial charge on any atom is -0.450 e. The number of hydrogen-bond acceptors (Lipinski definition) is 5. The van der Waals surface area contributed by atoms with Crippen LogP contribution in [-0.4, -0.2) is 55.8 Å². The second-order valence-corrected chi connectivity index (χ2v) is 10.1.